The van der Waals surface area contributed by atoms with E-state index in [1.807, 2.05) is 18.2 Å². The third-order valence-electron chi connectivity index (χ3n) is 3.46. The number of benzene rings is 1. The summed E-state index contributed by atoms with van der Waals surface area (Å²) in [6.45, 7) is 1.51. The summed E-state index contributed by atoms with van der Waals surface area (Å²) in [5, 5.41) is 0.470. The molecule has 1 aliphatic heterocycles. The fourth-order valence-corrected chi connectivity index (χ4v) is 3.76. The van der Waals surface area contributed by atoms with Gasteiger partial charge >= 0.3 is 0 Å². The lowest BCUT2D eigenvalue weighted by molar-refractivity contribution is -0.129. The number of carbonyl (C=O) groups is 1. The first-order valence-electron chi connectivity index (χ1n) is 7.09. The van der Waals surface area contributed by atoms with Crippen molar-refractivity contribution in [2.24, 2.45) is 0 Å². The van der Waals surface area contributed by atoms with Crippen molar-refractivity contribution < 1.29 is 14.3 Å². The van der Waals surface area contributed by atoms with Gasteiger partial charge in [-0.15, -0.1) is 11.3 Å². The van der Waals surface area contributed by atoms with E-state index in [0.717, 1.165) is 14.8 Å². The van der Waals surface area contributed by atoms with Crippen molar-refractivity contribution in [2.45, 2.75) is 13.0 Å². The monoisotopic (exact) mass is 371 g/mol. The van der Waals surface area contributed by atoms with E-state index in [4.69, 9.17) is 32.7 Å². The topological polar surface area (TPSA) is 38.8 Å². The average molecular weight is 372 g/mol. The summed E-state index contributed by atoms with van der Waals surface area (Å²) in [7, 11) is 1.77. The summed E-state index contributed by atoms with van der Waals surface area (Å²) < 4.78 is 11.7. The molecule has 0 aliphatic carbocycles. The zero-order chi connectivity index (χ0) is 16.4. The third kappa shape index (κ3) is 3.91. The highest BCUT2D eigenvalue weighted by Gasteiger charge is 2.19. The Hall–Kier alpha value is -1.43. The van der Waals surface area contributed by atoms with Gasteiger partial charge in [0.2, 0.25) is 5.91 Å². The Morgan fingerprint density at radius 3 is 2.78 bits per heavy atom. The van der Waals surface area contributed by atoms with Gasteiger partial charge in [0.1, 0.15) is 13.2 Å². The van der Waals surface area contributed by atoms with Crippen molar-refractivity contribution in [3.8, 4) is 11.5 Å². The predicted octanol–water partition coefficient (Wildman–Crippen LogP) is 4.03. The van der Waals surface area contributed by atoms with E-state index in [9.17, 15) is 4.79 Å². The van der Waals surface area contributed by atoms with Crippen molar-refractivity contribution in [2.75, 3.05) is 20.3 Å². The minimum atomic E-state index is 0.00210. The Morgan fingerprint density at radius 1 is 1.26 bits per heavy atom. The molecule has 0 saturated heterocycles. The number of rotatable bonds is 4. The molecule has 0 bridgehead atoms. The molecule has 0 atom stereocenters. The third-order valence-corrected chi connectivity index (χ3v) is 4.96. The van der Waals surface area contributed by atoms with Crippen LogP contribution in [0, 0.1) is 0 Å². The zero-order valence-corrected chi connectivity index (χ0v) is 14.8. The lowest BCUT2D eigenvalue weighted by atomic mass is 10.1. The molecule has 0 unspecified atom stereocenters. The molecular weight excluding hydrogens is 357 g/mol. The molecule has 0 saturated carbocycles. The van der Waals surface area contributed by atoms with E-state index in [2.05, 4.69) is 0 Å². The Kier molecular flexibility index (Phi) is 4.99. The first-order chi connectivity index (χ1) is 11.0. The first kappa shape index (κ1) is 16.4. The van der Waals surface area contributed by atoms with Crippen LogP contribution in [-0.4, -0.2) is 31.1 Å². The minimum absolute atomic E-state index is 0.00210. The molecule has 0 spiro atoms. The Bertz CT molecular complexity index is 732. The van der Waals surface area contributed by atoms with Crippen LogP contribution in [0.15, 0.2) is 24.3 Å². The van der Waals surface area contributed by atoms with Crippen molar-refractivity contribution >= 4 is 40.4 Å². The number of ether oxygens (including phenoxy) is 2. The fraction of sp³-hybridized carbons (Fsp3) is 0.312. The zero-order valence-electron chi connectivity index (χ0n) is 12.5. The predicted molar refractivity (Wildman–Crippen MR) is 91.9 cm³/mol. The van der Waals surface area contributed by atoms with Crippen LogP contribution in [-0.2, 0) is 17.8 Å². The van der Waals surface area contributed by atoms with E-state index in [0.29, 0.717) is 36.3 Å². The highest BCUT2D eigenvalue weighted by Crippen LogP contribution is 2.38. The smallest absolute Gasteiger partial charge is 0.227 e. The summed E-state index contributed by atoms with van der Waals surface area (Å²) >= 11 is 13.6. The Labute approximate surface area is 148 Å². The van der Waals surface area contributed by atoms with Crippen LogP contribution >= 0.6 is 34.5 Å². The van der Waals surface area contributed by atoms with Crippen LogP contribution < -0.4 is 9.47 Å². The minimum Gasteiger partial charge on any atom is -0.486 e. The molecule has 23 heavy (non-hydrogen) atoms. The van der Waals surface area contributed by atoms with Crippen LogP contribution in [0.4, 0.5) is 0 Å². The van der Waals surface area contributed by atoms with Crippen LogP contribution in [0.1, 0.15) is 10.4 Å². The van der Waals surface area contributed by atoms with Gasteiger partial charge in [-0.2, -0.15) is 0 Å². The first-order valence-corrected chi connectivity index (χ1v) is 8.66. The molecule has 3 rings (SSSR count). The molecular formula is C16H15Cl2NO3S. The average Bonchev–Trinajstić information content (AvgIpc) is 2.92. The Morgan fingerprint density at radius 2 is 2.04 bits per heavy atom. The Balaban J connectivity index is 1.68. The van der Waals surface area contributed by atoms with E-state index < -0.39 is 0 Å². The van der Waals surface area contributed by atoms with E-state index >= 15 is 0 Å². The molecule has 7 heteroatoms. The SMILES string of the molecule is CN(Cc1ccc(Cl)s1)C(=O)Cc1cc(Cl)c2c(c1)OCCO2. The second-order valence-corrected chi connectivity index (χ2v) is 7.44. The van der Waals surface area contributed by atoms with Crippen LogP contribution in [0.5, 0.6) is 11.5 Å². The fourth-order valence-electron chi connectivity index (χ4n) is 2.33. The summed E-state index contributed by atoms with van der Waals surface area (Å²) in [5.41, 5.74) is 0.806. The van der Waals surface area contributed by atoms with Gasteiger partial charge in [0.25, 0.3) is 0 Å². The maximum Gasteiger partial charge on any atom is 0.227 e. The standard InChI is InChI=1S/C16H15Cl2NO3S/c1-19(9-11-2-3-14(18)23-11)15(20)8-10-6-12(17)16-13(7-10)21-4-5-22-16/h2-3,6-7H,4-5,8-9H2,1H3. The van der Waals surface area contributed by atoms with Gasteiger partial charge in [-0.1, -0.05) is 23.2 Å². The van der Waals surface area contributed by atoms with Crippen molar-refractivity contribution in [1.82, 2.24) is 4.90 Å². The molecule has 0 fully saturated rings. The van der Waals surface area contributed by atoms with Gasteiger partial charge in [0.15, 0.2) is 11.5 Å². The second-order valence-electron chi connectivity index (χ2n) is 5.23. The number of halogens is 2. The molecule has 1 aliphatic rings. The van der Waals surface area contributed by atoms with Gasteiger partial charge in [-0.25, -0.2) is 0 Å². The number of likely N-dealkylation sites (N-methyl/N-ethyl adjacent to an activating group) is 1. The van der Waals surface area contributed by atoms with Crippen molar-refractivity contribution in [3.63, 3.8) is 0 Å². The summed E-state index contributed by atoms with van der Waals surface area (Å²) in [5.74, 6) is 1.15. The second kappa shape index (κ2) is 6.99. The number of nitrogens with zero attached hydrogens (tertiary/aromatic N) is 1. The molecule has 1 aromatic carbocycles. The lowest BCUT2D eigenvalue weighted by Gasteiger charge is -2.21. The normalized spacial score (nSPS) is 13.0. The van der Waals surface area contributed by atoms with Gasteiger partial charge < -0.3 is 14.4 Å². The highest BCUT2D eigenvalue weighted by atomic mass is 35.5. The molecule has 1 aromatic heterocycles. The summed E-state index contributed by atoms with van der Waals surface area (Å²) in [6, 6.07) is 7.33. The number of hydrogen-bond donors (Lipinski definition) is 0. The molecule has 4 nitrogen and oxygen atoms in total. The number of fused-ring (bicyclic) bond motifs is 1. The number of thiophene rings is 1. The van der Waals surface area contributed by atoms with Crippen LogP contribution in [0.2, 0.25) is 9.36 Å². The van der Waals surface area contributed by atoms with E-state index in [1.54, 1.807) is 18.0 Å². The molecule has 2 aromatic rings. The maximum atomic E-state index is 12.4. The van der Waals surface area contributed by atoms with Gasteiger partial charge in [0.05, 0.1) is 22.3 Å². The molecule has 1 amide bonds. The lowest BCUT2D eigenvalue weighted by Crippen LogP contribution is -2.27. The van der Waals surface area contributed by atoms with Gasteiger partial charge in [-0.3, -0.25) is 4.79 Å². The number of hydrogen-bond acceptors (Lipinski definition) is 4. The van der Waals surface area contributed by atoms with E-state index in [1.165, 1.54) is 11.3 Å². The molecule has 122 valence electrons. The molecule has 0 radical (unpaired) electrons. The maximum absolute atomic E-state index is 12.4. The highest BCUT2D eigenvalue weighted by molar-refractivity contribution is 7.16. The van der Waals surface area contributed by atoms with E-state index in [-0.39, 0.29) is 12.3 Å². The van der Waals surface area contributed by atoms with Crippen molar-refractivity contribution in [1.29, 1.82) is 0 Å². The quantitative estimate of drug-likeness (QED) is 0.814. The summed E-state index contributed by atoms with van der Waals surface area (Å²) in [4.78, 5) is 15.1. The van der Waals surface area contributed by atoms with Crippen LogP contribution in [0.25, 0.3) is 0 Å². The van der Waals surface area contributed by atoms with Crippen molar-refractivity contribution in [3.05, 3.63) is 44.1 Å². The number of amides is 1. The largest absolute Gasteiger partial charge is 0.486 e. The van der Waals surface area contributed by atoms with Gasteiger partial charge in [0, 0.05) is 11.9 Å². The van der Waals surface area contributed by atoms with Crippen LogP contribution in [0.3, 0.4) is 0 Å². The van der Waals surface area contributed by atoms with Gasteiger partial charge in [-0.05, 0) is 29.8 Å². The molecule has 0 N–H and O–H groups in total. The summed E-state index contributed by atoms with van der Waals surface area (Å²) in [6.07, 6.45) is 0.256. The molecule has 2 heterocycles. The number of carbonyl (C=O) groups excluding carboxylic acids is 1.